The zero-order valence-corrected chi connectivity index (χ0v) is 18.7. The van der Waals surface area contributed by atoms with E-state index >= 15 is 0 Å². The SMILES string of the molecule is Cc1nc(OCc2ccc(F)cc2F)c(Cl)c(=O)n1-c1cc(CNC(=O)N(C)C)ccc1F. The largest absolute Gasteiger partial charge is 0.471 e. The van der Waals surface area contributed by atoms with Crippen LogP contribution < -0.4 is 15.6 Å². The first-order valence-corrected chi connectivity index (χ1v) is 10.1. The summed E-state index contributed by atoms with van der Waals surface area (Å²) >= 11 is 6.12. The Hall–Kier alpha value is -3.53. The Morgan fingerprint density at radius 1 is 1.15 bits per heavy atom. The lowest BCUT2D eigenvalue weighted by atomic mass is 10.2. The number of aromatic nitrogens is 2. The van der Waals surface area contributed by atoms with Crippen molar-refractivity contribution in [1.29, 1.82) is 0 Å². The van der Waals surface area contributed by atoms with E-state index in [0.29, 0.717) is 11.6 Å². The van der Waals surface area contributed by atoms with Crippen molar-refractivity contribution in [3.8, 4) is 11.6 Å². The number of hydrogen-bond donors (Lipinski definition) is 1. The number of halogens is 4. The molecule has 0 bridgehead atoms. The number of amides is 2. The summed E-state index contributed by atoms with van der Waals surface area (Å²) in [6, 6.07) is 6.66. The number of carbonyl (C=O) groups is 1. The van der Waals surface area contributed by atoms with E-state index in [9.17, 15) is 22.8 Å². The molecule has 1 aromatic heterocycles. The highest BCUT2D eigenvalue weighted by Gasteiger charge is 2.19. The van der Waals surface area contributed by atoms with Crippen LogP contribution in [0.3, 0.4) is 0 Å². The molecule has 7 nitrogen and oxygen atoms in total. The Bertz CT molecular complexity index is 1260. The van der Waals surface area contributed by atoms with E-state index < -0.39 is 28.0 Å². The molecule has 2 amide bonds. The lowest BCUT2D eigenvalue weighted by molar-refractivity contribution is 0.217. The fourth-order valence-electron chi connectivity index (χ4n) is 2.92. The van der Waals surface area contributed by atoms with Crippen LogP contribution in [0.4, 0.5) is 18.0 Å². The summed E-state index contributed by atoms with van der Waals surface area (Å²) in [7, 11) is 3.16. The fraction of sp³-hybridized carbons (Fsp3) is 0.227. The van der Waals surface area contributed by atoms with Gasteiger partial charge in [0.05, 0.1) is 5.69 Å². The third-order valence-electron chi connectivity index (χ3n) is 4.65. The van der Waals surface area contributed by atoms with Crippen molar-refractivity contribution in [2.24, 2.45) is 0 Å². The summed E-state index contributed by atoms with van der Waals surface area (Å²) < 4.78 is 47.8. The van der Waals surface area contributed by atoms with Crippen molar-refractivity contribution in [3.05, 3.63) is 86.2 Å². The number of hydrogen-bond acceptors (Lipinski definition) is 4. The summed E-state index contributed by atoms with van der Waals surface area (Å²) in [6.07, 6.45) is 0. The van der Waals surface area contributed by atoms with Crippen LogP contribution in [0, 0.1) is 24.4 Å². The molecule has 11 heteroatoms. The summed E-state index contributed by atoms with van der Waals surface area (Å²) in [5.41, 5.74) is -0.336. The van der Waals surface area contributed by atoms with Crippen molar-refractivity contribution in [1.82, 2.24) is 19.8 Å². The van der Waals surface area contributed by atoms with Crippen molar-refractivity contribution in [2.75, 3.05) is 14.1 Å². The van der Waals surface area contributed by atoms with E-state index in [1.54, 1.807) is 14.1 Å². The maximum absolute atomic E-state index is 14.6. The van der Waals surface area contributed by atoms with Crippen LogP contribution in [0.1, 0.15) is 17.0 Å². The average molecular weight is 481 g/mol. The second-order valence-corrected chi connectivity index (χ2v) is 7.66. The van der Waals surface area contributed by atoms with Gasteiger partial charge in [0.15, 0.2) is 5.02 Å². The van der Waals surface area contributed by atoms with Gasteiger partial charge in [-0.3, -0.25) is 9.36 Å². The molecule has 0 aliphatic rings. The average Bonchev–Trinajstić information content (AvgIpc) is 2.76. The van der Waals surface area contributed by atoms with Gasteiger partial charge in [0, 0.05) is 32.3 Å². The Kier molecular flexibility index (Phi) is 7.27. The maximum Gasteiger partial charge on any atom is 0.317 e. The first-order valence-electron chi connectivity index (χ1n) is 9.68. The molecule has 0 spiro atoms. The molecule has 0 saturated heterocycles. The molecule has 1 heterocycles. The summed E-state index contributed by atoms with van der Waals surface area (Å²) in [4.78, 5) is 30.1. The fourth-order valence-corrected chi connectivity index (χ4v) is 3.10. The number of nitrogens with one attached hydrogen (secondary N) is 1. The smallest absolute Gasteiger partial charge is 0.317 e. The van der Waals surface area contributed by atoms with E-state index in [-0.39, 0.29) is 42.1 Å². The van der Waals surface area contributed by atoms with Gasteiger partial charge in [-0.15, -0.1) is 0 Å². The first-order chi connectivity index (χ1) is 15.6. The summed E-state index contributed by atoms with van der Waals surface area (Å²) in [6.45, 7) is 1.20. The molecule has 0 aliphatic carbocycles. The molecular weight excluding hydrogens is 461 g/mol. The second kappa shape index (κ2) is 9.95. The van der Waals surface area contributed by atoms with Gasteiger partial charge >= 0.3 is 6.03 Å². The zero-order valence-electron chi connectivity index (χ0n) is 18.0. The molecule has 3 aromatic rings. The highest BCUT2D eigenvalue weighted by atomic mass is 35.5. The molecular formula is C22H20ClF3N4O3. The molecule has 33 heavy (non-hydrogen) atoms. The van der Waals surface area contributed by atoms with Crippen LogP contribution in [0.15, 0.2) is 41.2 Å². The monoisotopic (exact) mass is 480 g/mol. The predicted molar refractivity (Wildman–Crippen MR) is 116 cm³/mol. The van der Waals surface area contributed by atoms with Gasteiger partial charge in [0.25, 0.3) is 5.56 Å². The van der Waals surface area contributed by atoms with Crippen molar-refractivity contribution in [2.45, 2.75) is 20.1 Å². The van der Waals surface area contributed by atoms with E-state index in [2.05, 4.69) is 10.3 Å². The predicted octanol–water partition coefficient (Wildman–Crippen LogP) is 3.96. The molecule has 0 radical (unpaired) electrons. The van der Waals surface area contributed by atoms with Gasteiger partial charge < -0.3 is 15.0 Å². The van der Waals surface area contributed by atoms with Crippen LogP contribution in [0.2, 0.25) is 5.02 Å². The van der Waals surface area contributed by atoms with Crippen LogP contribution >= 0.6 is 11.6 Å². The van der Waals surface area contributed by atoms with Gasteiger partial charge in [-0.2, -0.15) is 4.98 Å². The normalized spacial score (nSPS) is 10.8. The Morgan fingerprint density at radius 2 is 1.88 bits per heavy atom. The zero-order chi connectivity index (χ0) is 24.3. The van der Waals surface area contributed by atoms with Gasteiger partial charge in [-0.25, -0.2) is 18.0 Å². The summed E-state index contributed by atoms with van der Waals surface area (Å²) in [5.74, 6) is -2.48. The molecule has 174 valence electrons. The maximum atomic E-state index is 14.6. The third-order valence-corrected chi connectivity index (χ3v) is 4.97. The number of nitrogens with zero attached hydrogens (tertiary/aromatic N) is 3. The number of ether oxygens (including phenoxy) is 1. The minimum atomic E-state index is -0.823. The Morgan fingerprint density at radius 3 is 2.55 bits per heavy atom. The number of aryl methyl sites for hydroxylation is 1. The van der Waals surface area contributed by atoms with Crippen LogP contribution in [-0.2, 0) is 13.2 Å². The van der Waals surface area contributed by atoms with Crippen LogP contribution in [-0.4, -0.2) is 34.6 Å². The minimum absolute atomic E-state index is 0.0367. The number of urea groups is 1. The third kappa shape index (κ3) is 5.46. The van der Waals surface area contributed by atoms with E-state index in [0.717, 1.165) is 16.7 Å². The van der Waals surface area contributed by atoms with Gasteiger partial charge in [-0.1, -0.05) is 17.7 Å². The molecule has 2 aromatic carbocycles. The first kappa shape index (κ1) is 24.1. The lowest BCUT2D eigenvalue weighted by Gasteiger charge is -2.16. The standard InChI is InChI=1S/C22H20ClF3N4O3/c1-12-28-20(33-11-14-5-6-15(24)9-17(14)26)19(23)21(31)30(12)18-8-13(4-7-16(18)25)10-27-22(32)29(2)3/h4-9H,10-11H2,1-3H3,(H,27,32). The van der Waals surface area contributed by atoms with E-state index in [1.807, 2.05) is 0 Å². The van der Waals surface area contributed by atoms with Crippen molar-refractivity contribution < 1.29 is 22.7 Å². The Labute approximate surface area is 192 Å². The Balaban J connectivity index is 1.90. The molecule has 0 unspecified atom stereocenters. The van der Waals surface area contributed by atoms with Crippen LogP contribution in [0.25, 0.3) is 5.69 Å². The highest BCUT2D eigenvalue weighted by Crippen LogP contribution is 2.23. The highest BCUT2D eigenvalue weighted by molar-refractivity contribution is 6.31. The van der Waals surface area contributed by atoms with Crippen molar-refractivity contribution in [3.63, 3.8) is 0 Å². The van der Waals surface area contributed by atoms with Crippen molar-refractivity contribution >= 4 is 17.6 Å². The van der Waals surface area contributed by atoms with Gasteiger partial charge in [0.2, 0.25) is 5.88 Å². The molecule has 0 aliphatic heterocycles. The van der Waals surface area contributed by atoms with E-state index in [1.165, 1.54) is 30.0 Å². The number of rotatable bonds is 6. The number of benzene rings is 2. The molecule has 3 rings (SSSR count). The summed E-state index contributed by atoms with van der Waals surface area (Å²) in [5, 5.41) is 2.21. The second-order valence-electron chi connectivity index (χ2n) is 7.28. The molecule has 0 saturated carbocycles. The van der Waals surface area contributed by atoms with Gasteiger partial charge in [-0.05, 0) is 36.8 Å². The molecule has 1 N–H and O–H groups in total. The van der Waals surface area contributed by atoms with Gasteiger partial charge in [0.1, 0.15) is 29.9 Å². The van der Waals surface area contributed by atoms with E-state index in [4.69, 9.17) is 16.3 Å². The molecule has 0 atom stereocenters. The minimum Gasteiger partial charge on any atom is -0.471 e. The molecule has 0 fully saturated rings. The lowest BCUT2D eigenvalue weighted by Crippen LogP contribution is -2.34. The topological polar surface area (TPSA) is 76.5 Å². The number of carbonyl (C=O) groups excluding carboxylic acids is 1. The van der Waals surface area contributed by atoms with Crippen LogP contribution in [0.5, 0.6) is 5.88 Å². The quantitative estimate of drug-likeness (QED) is 0.579.